The van der Waals surface area contributed by atoms with E-state index >= 15 is 0 Å². The number of thioether (sulfide) groups is 1. The first-order valence-corrected chi connectivity index (χ1v) is 8.32. The molecule has 2 atom stereocenters. The molecule has 22 heavy (non-hydrogen) atoms. The highest BCUT2D eigenvalue weighted by atomic mass is 32.2. The SMILES string of the molecule is CSCC[C@@H](NC(=O)O)[C@H](C)N1C(=O)c2ccccc2C1=O. The average molecular weight is 322 g/mol. The fourth-order valence-corrected chi connectivity index (χ4v) is 3.08. The second-order valence-electron chi connectivity index (χ2n) is 5.10. The number of carbonyl (C=O) groups excluding carboxylic acids is 2. The second kappa shape index (κ2) is 6.83. The first kappa shape index (κ1) is 16.4. The molecule has 1 heterocycles. The number of amides is 3. The van der Waals surface area contributed by atoms with E-state index < -0.39 is 18.2 Å². The number of fused-ring (bicyclic) bond motifs is 1. The number of nitrogens with zero attached hydrogens (tertiary/aromatic N) is 1. The third kappa shape index (κ3) is 3.09. The third-order valence-corrected chi connectivity index (χ3v) is 4.40. The van der Waals surface area contributed by atoms with Gasteiger partial charge in [-0.2, -0.15) is 11.8 Å². The summed E-state index contributed by atoms with van der Waals surface area (Å²) in [4.78, 5) is 37.0. The summed E-state index contributed by atoms with van der Waals surface area (Å²) in [6, 6.07) is 5.61. The van der Waals surface area contributed by atoms with E-state index in [0.717, 1.165) is 10.7 Å². The molecule has 6 nitrogen and oxygen atoms in total. The van der Waals surface area contributed by atoms with Gasteiger partial charge in [-0.15, -0.1) is 0 Å². The maximum atomic E-state index is 12.4. The van der Waals surface area contributed by atoms with Crippen LogP contribution < -0.4 is 5.32 Å². The zero-order chi connectivity index (χ0) is 16.3. The smallest absolute Gasteiger partial charge is 0.404 e. The zero-order valence-electron chi connectivity index (χ0n) is 12.4. The van der Waals surface area contributed by atoms with Gasteiger partial charge in [0.2, 0.25) is 0 Å². The van der Waals surface area contributed by atoms with Crippen LogP contribution in [0, 0.1) is 0 Å². The van der Waals surface area contributed by atoms with Crippen LogP contribution in [0.15, 0.2) is 24.3 Å². The molecule has 0 aromatic heterocycles. The highest BCUT2D eigenvalue weighted by molar-refractivity contribution is 7.98. The van der Waals surface area contributed by atoms with Gasteiger partial charge in [-0.1, -0.05) is 12.1 Å². The molecule has 0 saturated carbocycles. The highest BCUT2D eigenvalue weighted by Gasteiger charge is 2.40. The molecule has 0 aliphatic carbocycles. The number of hydrogen-bond donors (Lipinski definition) is 2. The van der Waals surface area contributed by atoms with E-state index in [0.29, 0.717) is 17.5 Å². The molecule has 0 radical (unpaired) electrons. The molecule has 1 aromatic rings. The lowest BCUT2D eigenvalue weighted by Gasteiger charge is -2.30. The van der Waals surface area contributed by atoms with Crippen LogP contribution in [0.4, 0.5) is 4.79 Å². The molecule has 1 aromatic carbocycles. The molecule has 118 valence electrons. The molecule has 0 saturated heterocycles. The standard InChI is InChI=1S/C15H18N2O4S/c1-9(12(7-8-22-2)16-15(20)21)17-13(18)10-5-3-4-6-11(10)14(17)19/h3-6,9,12,16H,7-8H2,1-2H3,(H,20,21)/t9-,12+/m0/s1. The number of nitrogens with one attached hydrogen (secondary N) is 1. The third-order valence-electron chi connectivity index (χ3n) is 3.76. The monoisotopic (exact) mass is 322 g/mol. The van der Waals surface area contributed by atoms with E-state index in [4.69, 9.17) is 5.11 Å². The molecule has 7 heteroatoms. The Hall–Kier alpha value is -2.02. The van der Waals surface area contributed by atoms with Crippen molar-refractivity contribution in [3.63, 3.8) is 0 Å². The minimum absolute atomic E-state index is 0.366. The number of benzene rings is 1. The maximum absolute atomic E-state index is 12.4. The van der Waals surface area contributed by atoms with Gasteiger partial charge in [0, 0.05) is 0 Å². The highest BCUT2D eigenvalue weighted by Crippen LogP contribution is 2.26. The van der Waals surface area contributed by atoms with Gasteiger partial charge >= 0.3 is 6.09 Å². The maximum Gasteiger partial charge on any atom is 0.404 e. The largest absolute Gasteiger partial charge is 0.465 e. The summed E-state index contributed by atoms with van der Waals surface area (Å²) in [5.74, 6) is 0.00206. The Morgan fingerprint density at radius 3 is 2.27 bits per heavy atom. The lowest BCUT2D eigenvalue weighted by molar-refractivity contribution is 0.0559. The van der Waals surface area contributed by atoms with Gasteiger partial charge in [0.25, 0.3) is 11.8 Å². The Balaban J connectivity index is 2.24. The van der Waals surface area contributed by atoms with E-state index in [9.17, 15) is 14.4 Å². The summed E-state index contributed by atoms with van der Waals surface area (Å²) in [7, 11) is 0. The summed E-state index contributed by atoms with van der Waals surface area (Å²) in [6.07, 6.45) is 1.31. The first-order valence-electron chi connectivity index (χ1n) is 6.92. The molecule has 1 aliphatic rings. The Morgan fingerprint density at radius 2 is 1.82 bits per heavy atom. The van der Waals surface area contributed by atoms with Gasteiger partial charge < -0.3 is 10.4 Å². The average Bonchev–Trinajstić information content (AvgIpc) is 2.75. The fraction of sp³-hybridized carbons (Fsp3) is 0.400. The molecule has 2 rings (SSSR count). The topological polar surface area (TPSA) is 86.7 Å². The molecule has 0 spiro atoms. The minimum Gasteiger partial charge on any atom is -0.465 e. The van der Waals surface area contributed by atoms with Crippen LogP contribution in [0.5, 0.6) is 0 Å². The molecule has 3 amide bonds. The fourth-order valence-electron chi connectivity index (χ4n) is 2.60. The minimum atomic E-state index is -1.16. The van der Waals surface area contributed by atoms with Gasteiger partial charge in [0.15, 0.2) is 0 Å². The Morgan fingerprint density at radius 1 is 1.27 bits per heavy atom. The zero-order valence-corrected chi connectivity index (χ0v) is 13.2. The van der Waals surface area contributed by atoms with Crippen molar-refractivity contribution >= 4 is 29.7 Å². The predicted octanol–water partition coefficient (Wildman–Crippen LogP) is 2.06. The summed E-state index contributed by atoms with van der Waals surface area (Å²) < 4.78 is 0. The van der Waals surface area contributed by atoms with Crippen molar-refractivity contribution in [2.75, 3.05) is 12.0 Å². The molecular formula is C15H18N2O4S. The Bertz CT molecular complexity index is 570. The normalized spacial score (nSPS) is 16.4. The van der Waals surface area contributed by atoms with Crippen molar-refractivity contribution in [3.05, 3.63) is 35.4 Å². The number of rotatable bonds is 6. The molecule has 2 N–H and O–H groups in total. The number of hydrogen-bond acceptors (Lipinski definition) is 4. The van der Waals surface area contributed by atoms with Crippen molar-refractivity contribution in [3.8, 4) is 0 Å². The van der Waals surface area contributed by atoms with Crippen LogP contribution in [0.3, 0.4) is 0 Å². The summed E-state index contributed by atoms with van der Waals surface area (Å²) in [5, 5.41) is 11.4. The Kier molecular flexibility index (Phi) is 5.07. The van der Waals surface area contributed by atoms with Crippen molar-refractivity contribution in [1.29, 1.82) is 0 Å². The molecule has 0 unspecified atom stereocenters. The van der Waals surface area contributed by atoms with Crippen molar-refractivity contribution < 1.29 is 19.5 Å². The van der Waals surface area contributed by atoms with Gasteiger partial charge in [0.05, 0.1) is 23.2 Å². The summed E-state index contributed by atoms with van der Waals surface area (Å²) >= 11 is 1.58. The Labute approximate surface area is 132 Å². The van der Waals surface area contributed by atoms with Crippen molar-refractivity contribution in [2.24, 2.45) is 0 Å². The van der Waals surface area contributed by atoms with Crippen LogP contribution in [0.2, 0.25) is 0 Å². The number of imide groups is 1. The first-order chi connectivity index (χ1) is 10.5. The van der Waals surface area contributed by atoms with Crippen molar-refractivity contribution in [1.82, 2.24) is 10.2 Å². The van der Waals surface area contributed by atoms with Crippen LogP contribution >= 0.6 is 11.8 Å². The van der Waals surface area contributed by atoms with Gasteiger partial charge in [-0.25, -0.2) is 4.79 Å². The van der Waals surface area contributed by atoms with Gasteiger partial charge in [0.1, 0.15) is 0 Å². The quantitative estimate of drug-likeness (QED) is 0.783. The number of carbonyl (C=O) groups is 3. The van der Waals surface area contributed by atoms with Crippen LogP contribution in [0.25, 0.3) is 0 Å². The molecule has 0 fully saturated rings. The predicted molar refractivity (Wildman–Crippen MR) is 84.4 cm³/mol. The van der Waals surface area contributed by atoms with Crippen LogP contribution in [-0.2, 0) is 0 Å². The van der Waals surface area contributed by atoms with E-state index in [1.54, 1.807) is 43.0 Å². The van der Waals surface area contributed by atoms with E-state index in [2.05, 4.69) is 5.32 Å². The van der Waals surface area contributed by atoms with Crippen LogP contribution in [0.1, 0.15) is 34.1 Å². The van der Waals surface area contributed by atoms with E-state index in [1.807, 2.05) is 6.26 Å². The summed E-state index contributed by atoms with van der Waals surface area (Å²) in [5.41, 5.74) is 0.747. The second-order valence-corrected chi connectivity index (χ2v) is 6.09. The lowest BCUT2D eigenvalue weighted by atomic mass is 10.1. The van der Waals surface area contributed by atoms with Gasteiger partial charge in [-0.05, 0) is 37.5 Å². The molecule has 1 aliphatic heterocycles. The number of carboxylic acid groups (broad SMARTS) is 1. The summed E-state index contributed by atoms with van der Waals surface area (Å²) in [6.45, 7) is 1.70. The van der Waals surface area contributed by atoms with Crippen LogP contribution in [-0.4, -0.2) is 52.0 Å². The lowest BCUT2D eigenvalue weighted by Crippen LogP contribution is -2.52. The molecule has 0 bridgehead atoms. The van der Waals surface area contributed by atoms with E-state index in [-0.39, 0.29) is 11.8 Å². The van der Waals surface area contributed by atoms with Crippen molar-refractivity contribution in [2.45, 2.75) is 25.4 Å². The van der Waals surface area contributed by atoms with E-state index in [1.165, 1.54) is 0 Å². The molecular weight excluding hydrogens is 304 g/mol. The van der Waals surface area contributed by atoms with Gasteiger partial charge in [-0.3, -0.25) is 14.5 Å².